The molecule has 1 aromatic carbocycles. The van der Waals surface area contributed by atoms with Gasteiger partial charge in [0.05, 0.1) is 7.11 Å². The number of methoxy groups -OCH3 is 1. The maximum atomic E-state index is 10.6. The topological polar surface area (TPSA) is 46.5 Å². The monoisotopic (exact) mass is 258 g/mol. The Morgan fingerprint density at radius 3 is 2.93 bits per heavy atom. The van der Waals surface area contributed by atoms with E-state index in [1.54, 1.807) is 7.11 Å². The number of halogens is 1. The molecule has 0 aliphatic carbocycles. The van der Waals surface area contributed by atoms with Crippen molar-refractivity contribution < 1.29 is 14.6 Å². The second-order valence-electron chi connectivity index (χ2n) is 2.86. The van der Waals surface area contributed by atoms with Crippen LogP contribution in [-0.2, 0) is 11.2 Å². The molecule has 1 atom stereocenters. The van der Waals surface area contributed by atoms with Gasteiger partial charge in [0.25, 0.3) is 0 Å². The molecular weight excluding hydrogens is 248 g/mol. The number of carboxylic acid groups (broad SMARTS) is 1. The largest absolute Gasteiger partial charge is 0.497 e. The molecule has 4 heteroatoms. The van der Waals surface area contributed by atoms with Crippen LogP contribution in [0.2, 0.25) is 0 Å². The van der Waals surface area contributed by atoms with Gasteiger partial charge in [0.2, 0.25) is 0 Å². The summed E-state index contributed by atoms with van der Waals surface area (Å²) in [5, 5.41) is 8.69. The van der Waals surface area contributed by atoms with Gasteiger partial charge in [-0.1, -0.05) is 28.1 Å². The number of aliphatic carboxylic acids is 1. The summed E-state index contributed by atoms with van der Waals surface area (Å²) in [6.45, 7) is 0. The lowest BCUT2D eigenvalue weighted by molar-refractivity contribution is -0.136. The van der Waals surface area contributed by atoms with Crippen LogP contribution < -0.4 is 4.74 Å². The molecule has 1 N–H and O–H groups in total. The smallest absolute Gasteiger partial charge is 0.317 e. The average Bonchev–Trinajstić information content (AvgIpc) is 2.18. The lowest BCUT2D eigenvalue weighted by Gasteiger charge is -2.06. The zero-order valence-corrected chi connectivity index (χ0v) is 9.32. The molecule has 0 aliphatic heterocycles. The quantitative estimate of drug-likeness (QED) is 0.842. The Morgan fingerprint density at radius 2 is 2.36 bits per heavy atom. The fourth-order valence-electron chi connectivity index (χ4n) is 1.09. The van der Waals surface area contributed by atoms with E-state index in [2.05, 4.69) is 15.9 Å². The van der Waals surface area contributed by atoms with Gasteiger partial charge in [-0.25, -0.2) is 0 Å². The Kier molecular flexibility index (Phi) is 3.95. The lowest BCUT2D eigenvalue weighted by atomic mass is 10.1. The zero-order chi connectivity index (χ0) is 10.6. The molecule has 0 amide bonds. The molecule has 0 bridgehead atoms. The zero-order valence-electron chi connectivity index (χ0n) is 7.74. The van der Waals surface area contributed by atoms with E-state index in [1.165, 1.54) is 0 Å². The second kappa shape index (κ2) is 5.00. The molecular formula is C10H11BrO3. The maximum absolute atomic E-state index is 10.6. The van der Waals surface area contributed by atoms with E-state index in [4.69, 9.17) is 9.84 Å². The van der Waals surface area contributed by atoms with E-state index >= 15 is 0 Å². The molecule has 0 fully saturated rings. The van der Waals surface area contributed by atoms with Crippen molar-refractivity contribution in [3.63, 3.8) is 0 Å². The van der Waals surface area contributed by atoms with E-state index in [0.29, 0.717) is 6.42 Å². The SMILES string of the molecule is COc1cccc(C[C@@H](Br)C(=O)O)c1. The maximum Gasteiger partial charge on any atom is 0.317 e. The van der Waals surface area contributed by atoms with Crippen LogP contribution >= 0.6 is 15.9 Å². The summed E-state index contributed by atoms with van der Waals surface area (Å²) in [6.07, 6.45) is 0.451. The molecule has 1 rings (SSSR count). The van der Waals surface area contributed by atoms with Gasteiger partial charge in [-0.15, -0.1) is 0 Å². The number of rotatable bonds is 4. The van der Waals surface area contributed by atoms with Gasteiger partial charge in [0.1, 0.15) is 10.6 Å². The lowest BCUT2D eigenvalue weighted by Crippen LogP contribution is -2.15. The van der Waals surface area contributed by atoms with E-state index in [0.717, 1.165) is 11.3 Å². The van der Waals surface area contributed by atoms with Crippen LogP contribution in [0.15, 0.2) is 24.3 Å². The summed E-state index contributed by atoms with van der Waals surface area (Å²) < 4.78 is 5.03. The van der Waals surface area contributed by atoms with Gasteiger partial charge in [-0.3, -0.25) is 4.79 Å². The molecule has 14 heavy (non-hydrogen) atoms. The number of benzene rings is 1. The molecule has 0 saturated heterocycles. The highest BCUT2D eigenvalue weighted by atomic mass is 79.9. The van der Waals surface area contributed by atoms with Crippen molar-refractivity contribution in [1.29, 1.82) is 0 Å². The third kappa shape index (κ3) is 3.03. The Bertz CT molecular complexity index is 325. The van der Waals surface area contributed by atoms with Gasteiger partial charge in [0, 0.05) is 0 Å². The number of hydrogen-bond acceptors (Lipinski definition) is 2. The van der Waals surface area contributed by atoms with Crippen molar-refractivity contribution in [3.8, 4) is 5.75 Å². The van der Waals surface area contributed by atoms with Crippen molar-refractivity contribution in [2.45, 2.75) is 11.2 Å². The average molecular weight is 259 g/mol. The minimum absolute atomic E-state index is 0.451. The minimum Gasteiger partial charge on any atom is -0.497 e. The Morgan fingerprint density at radius 1 is 1.64 bits per heavy atom. The van der Waals surface area contributed by atoms with Crippen molar-refractivity contribution >= 4 is 21.9 Å². The van der Waals surface area contributed by atoms with E-state index in [1.807, 2.05) is 24.3 Å². The molecule has 0 saturated carbocycles. The number of hydrogen-bond donors (Lipinski definition) is 1. The van der Waals surface area contributed by atoms with E-state index in [-0.39, 0.29) is 0 Å². The third-order valence-electron chi connectivity index (χ3n) is 1.82. The summed E-state index contributed by atoms with van der Waals surface area (Å²) in [7, 11) is 1.59. The van der Waals surface area contributed by atoms with Crippen LogP contribution in [0.3, 0.4) is 0 Å². The Labute approximate surface area is 90.8 Å². The van der Waals surface area contributed by atoms with Crippen LogP contribution in [0.5, 0.6) is 5.75 Å². The van der Waals surface area contributed by atoms with Gasteiger partial charge >= 0.3 is 5.97 Å². The van der Waals surface area contributed by atoms with Crippen molar-refractivity contribution in [2.24, 2.45) is 0 Å². The third-order valence-corrected chi connectivity index (χ3v) is 2.53. The van der Waals surface area contributed by atoms with Gasteiger partial charge in [-0.05, 0) is 24.1 Å². The highest BCUT2D eigenvalue weighted by molar-refractivity contribution is 9.10. The summed E-state index contributed by atoms with van der Waals surface area (Å²) in [6, 6.07) is 7.38. The van der Waals surface area contributed by atoms with Gasteiger partial charge in [0.15, 0.2) is 0 Å². The minimum atomic E-state index is -0.854. The van der Waals surface area contributed by atoms with Crippen LogP contribution in [0.1, 0.15) is 5.56 Å². The summed E-state index contributed by atoms with van der Waals surface area (Å²) >= 11 is 3.09. The standard InChI is InChI=1S/C10H11BrO3/c1-14-8-4-2-3-7(5-8)6-9(11)10(12)13/h2-5,9H,6H2,1H3,(H,12,13)/t9-/m1/s1. The van der Waals surface area contributed by atoms with Crippen LogP contribution in [0.25, 0.3) is 0 Å². The molecule has 3 nitrogen and oxygen atoms in total. The summed E-state index contributed by atoms with van der Waals surface area (Å²) in [5.41, 5.74) is 0.939. The molecule has 0 radical (unpaired) electrons. The summed E-state index contributed by atoms with van der Waals surface area (Å²) in [4.78, 5) is 10.0. The highest BCUT2D eigenvalue weighted by Gasteiger charge is 2.13. The van der Waals surface area contributed by atoms with Crippen LogP contribution in [-0.4, -0.2) is 23.0 Å². The van der Waals surface area contributed by atoms with Crippen LogP contribution in [0.4, 0.5) is 0 Å². The number of carboxylic acids is 1. The van der Waals surface area contributed by atoms with Gasteiger partial charge in [-0.2, -0.15) is 0 Å². The molecule has 0 unspecified atom stereocenters. The van der Waals surface area contributed by atoms with Crippen LogP contribution in [0, 0.1) is 0 Å². The van der Waals surface area contributed by atoms with Crippen molar-refractivity contribution in [2.75, 3.05) is 7.11 Å². The van der Waals surface area contributed by atoms with Crippen molar-refractivity contribution in [3.05, 3.63) is 29.8 Å². The molecule has 0 spiro atoms. The number of carbonyl (C=O) groups is 1. The highest BCUT2D eigenvalue weighted by Crippen LogP contribution is 2.16. The first-order valence-electron chi connectivity index (χ1n) is 4.13. The molecule has 0 heterocycles. The molecule has 76 valence electrons. The predicted molar refractivity (Wildman–Crippen MR) is 57.0 cm³/mol. The first-order chi connectivity index (χ1) is 6.63. The Hall–Kier alpha value is -1.03. The fourth-order valence-corrected chi connectivity index (χ4v) is 1.47. The number of alkyl halides is 1. The molecule has 0 aliphatic rings. The molecule has 1 aromatic rings. The second-order valence-corrected chi connectivity index (χ2v) is 3.97. The Balaban J connectivity index is 2.71. The predicted octanol–water partition coefficient (Wildman–Crippen LogP) is 2.09. The number of ether oxygens (including phenoxy) is 1. The van der Waals surface area contributed by atoms with Crippen molar-refractivity contribution in [1.82, 2.24) is 0 Å². The fraction of sp³-hybridized carbons (Fsp3) is 0.300. The first kappa shape index (κ1) is 11.0. The normalized spacial score (nSPS) is 12.1. The van der Waals surface area contributed by atoms with E-state index in [9.17, 15) is 4.79 Å². The van der Waals surface area contributed by atoms with Gasteiger partial charge < -0.3 is 9.84 Å². The summed E-state index contributed by atoms with van der Waals surface area (Å²) in [5.74, 6) is -0.111. The van der Waals surface area contributed by atoms with E-state index < -0.39 is 10.8 Å². The first-order valence-corrected chi connectivity index (χ1v) is 5.05. The molecule has 0 aromatic heterocycles.